The first-order chi connectivity index (χ1) is 7.99. The summed E-state index contributed by atoms with van der Waals surface area (Å²) in [5.41, 5.74) is 10.5. The summed E-state index contributed by atoms with van der Waals surface area (Å²) < 4.78 is 0. The topological polar surface area (TPSA) is 146 Å². The summed E-state index contributed by atoms with van der Waals surface area (Å²) in [4.78, 5) is 24.1. The Morgan fingerprint density at radius 1 is 1.65 bits per heavy atom. The molecule has 17 heavy (non-hydrogen) atoms. The second-order valence-corrected chi connectivity index (χ2v) is 4.13. The van der Waals surface area contributed by atoms with Crippen LogP contribution >= 0.6 is 0 Å². The summed E-state index contributed by atoms with van der Waals surface area (Å²) in [6, 6.07) is -0.510. The molecule has 2 aliphatic heterocycles. The van der Waals surface area contributed by atoms with Gasteiger partial charge in [0.05, 0.1) is 12.8 Å². The van der Waals surface area contributed by atoms with Crippen LogP contribution in [0.3, 0.4) is 0 Å². The summed E-state index contributed by atoms with van der Waals surface area (Å²) in [5.74, 6) is -1.06. The van der Waals surface area contributed by atoms with Crippen molar-refractivity contribution in [3.05, 3.63) is 0 Å². The van der Waals surface area contributed by atoms with Crippen molar-refractivity contribution in [2.45, 2.75) is 24.6 Å². The zero-order chi connectivity index (χ0) is 12.6. The fourth-order valence-electron chi connectivity index (χ4n) is 2.07. The van der Waals surface area contributed by atoms with E-state index in [0.29, 0.717) is 6.67 Å². The number of carbonyl (C=O) groups is 2. The Morgan fingerprint density at radius 2 is 2.35 bits per heavy atom. The standard InChI is InChI=1S/C8H16N6O3/c9-5(16)3(15)1-14-2-11-6-4(14)7(17)13-8(10)12-6/h3-4,6,8,11-12,15H,1-2,10H2,(H2,9,16)(H,13,17). The maximum atomic E-state index is 11.7. The SMILES string of the molecule is NC(=O)C(O)CN1CNC2NC(N)NC(=O)C21. The van der Waals surface area contributed by atoms with Gasteiger partial charge in [-0.1, -0.05) is 0 Å². The van der Waals surface area contributed by atoms with E-state index in [4.69, 9.17) is 11.5 Å². The fourth-order valence-corrected chi connectivity index (χ4v) is 2.07. The quantitative estimate of drug-likeness (QED) is 0.292. The highest BCUT2D eigenvalue weighted by molar-refractivity contribution is 5.84. The van der Waals surface area contributed by atoms with Crippen molar-refractivity contribution >= 4 is 11.8 Å². The molecule has 2 heterocycles. The van der Waals surface area contributed by atoms with Crippen LogP contribution in [0, 0.1) is 0 Å². The Labute approximate surface area is 97.5 Å². The Bertz CT molecular complexity index is 337. The predicted molar refractivity (Wildman–Crippen MR) is 56.7 cm³/mol. The van der Waals surface area contributed by atoms with Crippen molar-refractivity contribution in [1.82, 2.24) is 20.9 Å². The number of amides is 2. The van der Waals surface area contributed by atoms with Gasteiger partial charge in [-0.2, -0.15) is 0 Å². The van der Waals surface area contributed by atoms with E-state index in [0.717, 1.165) is 0 Å². The Hall–Kier alpha value is -1.26. The molecule has 9 heteroatoms. The van der Waals surface area contributed by atoms with Gasteiger partial charge in [-0.05, 0) is 0 Å². The highest BCUT2D eigenvalue weighted by Crippen LogP contribution is 2.13. The van der Waals surface area contributed by atoms with Crippen molar-refractivity contribution in [1.29, 1.82) is 0 Å². The van der Waals surface area contributed by atoms with E-state index < -0.39 is 24.3 Å². The van der Waals surface area contributed by atoms with E-state index in [1.165, 1.54) is 0 Å². The minimum absolute atomic E-state index is 0.00778. The molecule has 0 spiro atoms. The highest BCUT2D eigenvalue weighted by Gasteiger charge is 2.43. The third-order valence-corrected chi connectivity index (χ3v) is 2.88. The van der Waals surface area contributed by atoms with Gasteiger partial charge in [0.15, 0.2) is 0 Å². The monoisotopic (exact) mass is 244 g/mol. The molecular formula is C8H16N6O3. The van der Waals surface area contributed by atoms with Gasteiger partial charge in [0.1, 0.15) is 18.4 Å². The second kappa shape index (κ2) is 4.55. The molecule has 0 aliphatic carbocycles. The summed E-state index contributed by atoms with van der Waals surface area (Å²) in [6.45, 7) is 0.376. The van der Waals surface area contributed by atoms with Gasteiger partial charge in [-0.15, -0.1) is 0 Å². The first kappa shape index (κ1) is 12.2. The minimum atomic E-state index is -1.29. The van der Waals surface area contributed by atoms with Crippen molar-refractivity contribution < 1.29 is 14.7 Å². The number of nitrogens with one attached hydrogen (secondary N) is 3. The predicted octanol–water partition coefficient (Wildman–Crippen LogP) is -4.65. The molecule has 9 nitrogen and oxygen atoms in total. The number of hydrogen-bond acceptors (Lipinski definition) is 7. The van der Waals surface area contributed by atoms with Gasteiger partial charge in [0.2, 0.25) is 11.8 Å². The van der Waals surface area contributed by atoms with Crippen LogP contribution in [0.4, 0.5) is 0 Å². The van der Waals surface area contributed by atoms with Crippen molar-refractivity contribution in [3.8, 4) is 0 Å². The van der Waals surface area contributed by atoms with E-state index in [1.54, 1.807) is 4.90 Å². The lowest BCUT2D eigenvalue weighted by molar-refractivity contribution is -0.132. The van der Waals surface area contributed by atoms with Crippen molar-refractivity contribution in [2.24, 2.45) is 11.5 Å². The number of rotatable bonds is 3. The third-order valence-electron chi connectivity index (χ3n) is 2.88. The molecule has 0 aromatic carbocycles. The molecule has 4 unspecified atom stereocenters. The van der Waals surface area contributed by atoms with Gasteiger partial charge in [0.25, 0.3) is 0 Å². The molecule has 2 aliphatic rings. The fraction of sp³-hybridized carbons (Fsp3) is 0.750. The van der Waals surface area contributed by atoms with Crippen LogP contribution in [-0.4, -0.2) is 59.6 Å². The Balaban J connectivity index is 2.02. The molecule has 2 rings (SSSR count). The normalized spacial score (nSPS) is 35.2. The maximum Gasteiger partial charge on any atom is 0.247 e. The molecule has 0 aromatic rings. The third kappa shape index (κ3) is 2.37. The van der Waals surface area contributed by atoms with Gasteiger partial charge < -0.3 is 16.2 Å². The van der Waals surface area contributed by atoms with Gasteiger partial charge in [0, 0.05) is 6.54 Å². The molecule has 2 amide bonds. The molecule has 4 atom stereocenters. The van der Waals surface area contributed by atoms with Crippen LogP contribution in [0.15, 0.2) is 0 Å². The molecule has 0 saturated carbocycles. The summed E-state index contributed by atoms with van der Waals surface area (Å²) in [6.07, 6.45) is -2.19. The number of β-amino-alcohol motifs (C(OH)–C–C–N with tert-alkyl or cyclic N) is 1. The van der Waals surface area contributed by atoms with Crippen molar-refractivity contribution in [2.75, 3.05) is 13.2 Å². The molecule has 2 fully saturated rings. The first-order valence-corrected chi connectivity index (χ1v) is 5.26. The number of hydrogen-bond donors (Lipinski definition) is 6. The zero-order valence-corrected chi connectivity index (χ0v) is 9.09. The van der Waals surface area contributed by atoms with Crippen LogP contribution in [0.5, 0.6) is 0 Å². The number of aliphatic hydroxyl groups excluding tert-OH is 1. The average Bonchev–Trinajstić information content (AvgIpc) is 2.60. The lowest BCUT2D eigenvalue weighted by atomic mass is 10.1. The lowest BCUT2D eigenvalue weighted by Crippen LogP contribution is -2.70. The average molecular weight is 244 g/mol. The van der Waals surface area contributed by atoms with E-state index in [1.807, 2.05) is 0 Å². The Kier molecular flexibility index (Phi) is 3.26. The summed E-state index contributed by atoms with van der Waals surface area (Å²) in [5, 5.41) is 17.9. The van der Waals surface area contributed by atoms with Crippen LogP contribution in [0.2, 0.25) is 0 Å². The number of carbonyl (C=O) groups excluding carboxylic acids is 2. The number of primary amides is 1. The maximum absolute atomic E-state index is 11.7. The van der Waals surface area contributed by atoms with E-state index in [9.17, 15) is 14.7 Å². The molecular weight excluding hydrogens is 228 g/mol. The Morgan fingerprint density at radius 3 is 3.00 bits per heavy atom. The van der Waals surface area contributed by atoms with Crippen LogP contribution in [0.1, 0.15) is 0 Å². The van der Waals surface area contributed by atoms with Crippen molar-refractivity contribution in [3.63, 3.8) is 0 Å². The van der Waals surface area contributed by atoms with Gasteiger partial charge in [-0.3, -0.25) is 30.9 Å². The van der Waals surface area contributed by atoms with Gasteiger partial charge in [-0.25, -0.2) is 0 Å². The highest BCUT2D eigenvalue weighted by atomic mass is 16.3. The van der Waals surface area contributed by atoms with Crippen LogP contribution in [0.25, 0.3) is 0 Å². The van der Waals surface area contributed by atoms with Gasteiger partial charge >= 0.3 is 0 Å². The van der Waals surface area contributed by atoms with E-state index in [-0.39, 0.29) is 18.6 Å². The number of nitrogens with two attached hydrogens (primary N) is 2. The van der Waals surface area contributed by atoms with E-state index >= 15 is 0 Å². The molecule has 0 radical (unpaired) electrons. The first-order valence-electron chi connectivity index (χ1n) is 5.26. The second-order valence-electron chi connectivity index (χ2n) is 4.13. The molecule has 2 saturated heterocycles. The van der Waals surface area contributed by atoms with E-state index in [2.05, 4.69) is 16.0 Å². The van der Waals surface area contributed by atoms with Crippen LogP contribution < -0.4 is 27.4 Å². The number of fused-ring (bicyclic) bond motifs is 1. The lowest BCUT2D eigenvalue weighted by Gasteiger charge is -2.34. The smallest absolute Gasteiger partial charge is 0.247 e. The summed E-state index contributed by atoms with van der Waals surface area (Å²) >= 11 is 0. The zero-order valence-electron chi connectivity index (χ0n) is 9.09. The molecule has 0 aromatic heterocycles. The number of aliphatic hydroxyl groups is 1. The number of nitrogens with zero attached hydrogens (tertiary/aromatic N) is 1. The minimum Gasteiger partial charge on any atom is -0.382 e. The summed E-state index contributed by atoms with van der Waals surface area (Å²) in [7, 11) is 0. The molecule has 96 valence electrons. The molecule has 8 N–H and O–H groups in total. The van der Waals surface area contributed by atoms with Crippen LogP contribution in [-0.2, 0) is 9.59 Å². The largest absolute Gasteiger partial charge is 0.382 e. The molecule has 0 bridgehead atoms.